The van der Waals surface area contributed by atoms with Crippen LogP contribution in [0.25, 0.3) is 0 Å². The maximum absolute atomic E-state index is 13.7. The lowest BCUT2D eigenvalue weighted by Crippen LogP contribution is -2.50. The summed E-state index contributed by atoms with van der Waals surface area (Å²) in [5.41, 5.74) is 0.817. The first-order chi connectivity index (χ1) is 11.1. The molecule has 23 heavy (non-hydrogen) atoms. The van der Waals surface area contributed by atoms with Gasteiger partial charge in [-0.15, -0.1) is 0 Å². The predicted molar refractivity (Wildman–Crippen MR) is 86.8 cm³/mol. The van der Waals surface area contributed by atoms with E-state index in [-0.39, 0.29) is 23.2 Å². The van der Waals surface area contributed by atoms with Crippen molar-refractivity contribution < 1.29 is 13.9 Å². The van der Waals surface area contributed by atoms with Crippen molar-refractivity contribution in [2.24, 2.45) is 0 Å². The van der Waals surface area contributed by atoms with E-state index in [2.05, 4.69) is 10.6 Å². The largest absolute Gasteiger partial charge is 0.381 e. The molecule has 0 radical (unpaired) electrons. The van der Waals surface area contributed by atoms with Crippen molar-refractivity contribution in [1.82, 2.24) is 10.6 Å². The van der Waals surface area contributed by atoms with Crippen LogP contribution in [-0.2, 0) is 14.9 Å². The molecule has 1 unspecified atom stereocenters. The van der Waals surface area contributed by atoms with Crippen molar-refractivity contribution in [2.45, 2.75) is 50.1 Å². The quantitative estimate of drug-likeness (QED) is 0.844. The minimum absolute atomic E-state index is 0.0500. The lowest BCUT2D eigenvalue weighted by atomic mass is 9.74. The highest BCUT2D eigenvalue weighted by Crippen LogP contribution is 2.34. The van der Waals surface area contributed by atoms with Gasteiger partial charge in [0.2, 0.25) is 5.91 Å². The van der Waals surface area contributed by atoms with E-state index in [9.17, 15) is 9.18 Å². The topological polar surface area (TPSA) is 50.4 Å². The van der Waals surface area contributed by atoms with E-state index < -0.39 is 0 Å². The summed E-state index contributed by atoms with van der Waals surface area (Å²) in [6, 6.07) is 6.93. The minimum atomic E-state index is -0.246. The van der Waals surface area contributed by atoms with Crippen molar-refractivity contribution in [1.29, 1.82) is 0 Å². The van der Waals surface area contributed by atoms with E-state index in [0.717, 1.165) is 31.2 Å². The highest BCUT2D eigenvalue weighted by atomic mass is 19.1. The second-order valence-electron chi connectivity index (χ2n) is 6.79. The van der Waals surface area contributed by atoms with Gasteiger partial charge in [0.1, 0.15) is 5.82 Å². The molecule has 1 amide bonds. The van der Waals surface area contributed by atoms with Crippen LogP contribution in [0.5, 0.6) is 0 Å². The number of halogens is 1. The Balaban J connectivity index is 1.67. The van der Waals surface area contributed by atoms with Gasteiger partial charge in [-0.3, -0.25) is 4.79 Å². The van der Waals surface area contributed by atoms with Crippen LogP contribution in [0.2, 0.25) is 0 Å². The summed E-state index contributed by atoms with van der Waals surface area (Å²) >= 11 is 0. The summed E-state index contributed by atoms with van der Waals surface area (Å²) in [4.78, 5) is 12.1. The molecule has 0 aromatic heterocycles. The molecule has 1 heterocycles. The molecule has 3 rings (SSSR count). The Morgan fingerprint density at radius 2 is 2.13 bits per heavy atom. The van der Waals surface area contributed by atoms with E-state index in [1.165, 1.54) is 6.07 Å². The average molecular weight is 320 g/mol. The normalized spacial score (nSPS) is 21.7. The van der Waals surface area contributed by atoms with Gasteiger partial charge in [-0.25, -0.2) is 4.39 Å². The molecular formula is C18H25FN2O2. The standard InChI is InChI=1S/C18H25FN2O2/c1-13(17(22)21-16-5-6-16)20-12-18(7-9-23-10-8-18)14-3-2-4-15(19)11-14/h2-4,11,13,16,20H,5-10,12H2,1H3,(H,21,22). The van der Waals surface area contributed by atoms with Crippen LogP contribution in [0.4, 0.5) is 4.39 Å². The fourth-order valence-corrected chi connectivity index (χ4v) is 3.14. The minimum Gasteiger partial charge on any atom is -0.381 e. The summed E-state index contributed by atoms with van der Waals surface area (Å²) in [5.74, 6) is -0.165. The third kappa shape index (κ3) is 4.09. The van der Waals surface area contributed by atoms with E-state index in [0.29, 0.717) is 25.8 Å². The van der Waals surface area contributed by atoms with Gasteiger partial charge in [0.15, 0.2) is 0 Å². The van der Waals surface area contributed by atoms with E-state index in [1.54, 1.807) is 12.1 Å². The van der Waals surface area contributed by atoms with Crippen LogP contribution < -0.4 is 10.6 Å². The molecule has 1 saturated heterocycles. The molecule has 0 spiro atoms. The molecule has 1 atom stereocenters. The van der Waals surface area contributed by atoms with Crippen molar-refractivity contribution in [3.05, 3.63) is 35.6 Å². The molecule has 0 bridgehead atoms. The molecule has 1 aliphatic carbocycles. The highest BCUT2D eigenvalue weighted by Gasteiger charge is 2.35. The Labute approximate surface area is 136 Å². The maximum Gasteiger partial charge on any atom is 0.237 e. The van der Waals surface area contributed by atoms with Crippen molar-refractivity contribution in [3.8, 4) is 0 Å². The fraction of sp³-hybridized carbons (Fsp3) is 0.611. The Morgan fingerprint density at radius 1 is 1.39 bits per heavy atom. The van der Waals surface area contributed by atoms with Crippen molar-refractivity contribution >= 4 is 5.91 Å². The number of nitrogens with one attached hydrogen (secondary N) is 2. The molecule has 2 aliphatic rings. The van der Waals surface area contributed by atoms with Crippen LogP contribution in [0.15, 0.2) is 24.3 Å². The number of hydrogen-bond donors (Lipinski definition) is 2. The van der Waals surface area contributed by atoms with E-state index >= 15 is 0 Å². The van der Waals surface area contributed by atoms with Gasteiger partial charge in [-0.05, 0) is 50.3 Å². The Morgan fingerprint density at radius 3 is 2.78 bits per heavy atom. The van der Waals surface area contributed by atoms with E-state index in [1.807, 2.05) is 13.0 Å². The van der Waals surface area contributed by atoms with Gasteiger partial charge in [-0.2, -0.15) is 0 Å². The summed E-state index contributed by atoms with van der Waals surface area (Å²) < 4.78 is 19.1. The number of benzene rings is 1. The lowest BCUT2D eigenvalue weighted by Gasteiger charge is -2.38. The zero-order valence-corrected chi connectivity index (χ0v) is 13.6. The van der Waals surface area contributed by atoms with Gasteiger partial charge < -0.3 is 15.4 Å². The lowest BCUT2D eigenvalue weighted by molar-refractivity contribution is -0.123. The number of hydrogen-bond acceptors (Lipinski definition) is 3. The Bertz CT molecular complexity index is 554. The van der Waals surface area contributed by atoms with Crippen molar-refractivity contribution in [2.75, 3.05) is 19.8 Å². The third-order valence-electron chi connectivity index (χ3n) is 4.95. The number of carbonyl (C=O) groups is 1. The second kappa shape index (κ2) is 6.97. The van der Waals surface area contributed by atoms with E-state index in [4.69, 9.17) is 4.74 Å². The van der Waals surface area contributed by atoms with Crippen LogP contribution in [-0.4, -0.2) is 37.7 Å². The molecule has 1 aromatic carbocycles. The molecule has 4 nitrogen and oxygen atoms in total. The summed E-state index contributed by atoms with van der Waals surface area (Å²) in [7, 11) is 0. The number of rotatable bonds is 6. The molecular weight excluding hydrogens is 295 g/mol. The first-order valence-corrected chi connectivity index (χ1v) is 8.47. The van der Waals surface area contributed by atoms with Gasteiger partial charge in [-0.1, -0.05) is 12.1 Å². The SMILES string of the molecule is CC(NCC1(c2cccc(F)c2)CCOCC1)C(=O)NC1CC1. The van der Waals surface area contributed by atoms with Gasteiger partial charge >= 0.3 is 0 Å². The van der Waals surface area contributed by atoms with Gasteiger partial charge in [0, 0.05) is 31.2 Å². The summed E-state index contributed by atoms with van der Waals surface area (Å²) in [5, 5.41) is 6.37. The zero-order chi connectivity index (χ0) is 16.3. The Kier molecular flexibility index (Phi) is 4.97. The molecule has 1 aliphatic heterocycles. The predicted octanol–water partition coefficient (Wildman–Crippen LogP) is 2.13. The maximum atomic E-state index is 13.7. The van der Waals surface area contributed by atoms with Crippen molar-refractivity contribution in [3.63, 3.8) is 0 Å². The molecule has 2 N–H and O–H groups in total. The molecule has 126 valence electrons. The second-order valence-corrected chi connectivity index (χ2v) is 6.79. The van der Waals surface area contributed by atoms with Gasteiger partial charge in [0.05, 0.1) is 6.04 Å². The Hall–Kier alpha value is -1.46. The van der Waals surface area contributed by atoms with Crippen LogP contribution in [0.3, 0.4) is 0 Å². The fourth-order valence-electron chi connectivity index (χ4n) is 3.14. The monoisotopic (exact) mass is 320 g/mol. The molecule has 5 heteroatoms. The smallest absolute Gasteiger partial charge is 0.237 e. The molecule has 1 aromatic rings. The zero-order valence-electron chi connectivity index (χ0n) is 13.6. The number of ether oxygens (including phenoxy) is 1. The summed E-state index contributed by atoms with van der Waals surface area (Å²) in [6.07, 6.45) is 3.84. The first-order valence-electron chi connectivity index (χ1n) is 8.47. The first kappa shape index (κ1) is 16.4. The van der Waals surface area contributed by atoms with Crippen LogP contribution in [0.1, 0.15) is 38.2 Å². The van der Waals surface area contributed by atoms with Crippen LogP contribution in [0, 0.1) is 5.82 Å². The highest BCUT2D eigenvalue weighted by molar-refractivity contribution is 5.81. The molecule has 1 saturated carbocycles. The number of carbonyl (C=O) groups excluding carboxylic acids is 1. The average Bonchev–Trinajstić information content (AvgIpc) is 3.37. The number of amides is 1. The van der Waals surface area contributed by atoms with Gasteiger partial charge in [0.25, 0.3) is 0 Å². The van der Waals surface area contributed by atoms with Crippen LogP contribution >= 0.6 is 0 Å². The third-order valence-corrected chi connectivity index (χ3v) is 4.95. The molecule has 2 fully saturated rings. The summed E-state index contributed by atoms with van der Waals surface area (Å²) in [6.45, 7) is 3.87.